The van der Waals surface area contributed by atoms with Gasteiger partial charge in [-0.25, -0.2) is 0 Å². The lowest BCUT2D eigenvalue weighted by atomic mass is 10.3. The molecule has 0 aliphatic heterocycles. The molecule has 2 rings (SSSR count). The first-order valence-electron chi connectivity index (χ1n) is 7.54. The van der Waals surface area contributed by atoms with Crippen molar-refractivity contribution in [3.05, 3.63) is 33.8 Å². The van der Waals surface area contributed by atoms with Crippen molar-refractivity contribution in [3.8, 4) is 0 Å². The van der Waals surface area contributed by atoms with E-state index < -0.39 is 0 Å². The van der Waals surface area contributed by atoms with Gasteiger partial charge < -0.3 is 5.32 Å². The van der Waals surface area contributed by atoms with Crippen LogP contribution in [0.1, 0.15) is 44.8 Å². The van der Waals surface area contributed by atoms with Crippen LogP contribution in [0.15, 0.2) is 16.7 Å². The normalized spacial score (nSPS) is 11.5. The molecule has 21 heavy (non-hydrogen) atoms. The van der Waals surface area contributed by atoms with Crippen molar-refractivity contribution < 1.29 is 0 Å². The van der Waals surface area contributed by atoms with Gasteiger partial charge in [0, 0.05) is 25.3 Å². The second kappa shape index (κ2) is 7.22. The second-order valence-electron chi connectivity index (χ2n) is 5.42. The van der Waals surface area contributed by atoms with Crippen LogP contribution < -0.4 is 5.32 Å². The molecule has 2 heterocycles. The van der Waals surface area contributed by atoms with E-state index in [9.17, 15) is 0 Å². The zero-order valence-corrected chi connectivity index (χ0v) is 14.8. The van der Waals surface area contributed by atoms with Crippen molar-refractivity contribution in [1.82, 2.24) is 24.9 Å². The molecular weight excluding hydrogens is 330 g/mol. The maximum atomic E-state index is 4.63. The Morgan fingerprint density at radius 1 is 1.29 bits per heavy atom. The van der Waals surface area contributed by atoms with Gasteiger partial charge in [-0.1, -0.05) is 20.8 Å². The summed E-state index contributed by atoms with van der Waals surface area (Å²) in [5.41, 5.74) is 3.36. The molecule has 0 spiro atoms. The molecule has 2 aromatic rings. The van der Waals surface area contributed by atoms with E-state index >= 15 is 0 Å². The van der Waals surface area contributed by atoms with Crippen LogP contribution in [-0.2, 0) is 26.1 Å². The Hall–Kier alpha value is -1.14. The van der Waals surface area contributed by atoms with Crippen LogP contribution in [0.5, 0.6) is 0 Å². The number of halogens is 1. The van der Waals surface area contributed by atoms with Crippen molar-refractivity contribution in [2.75, 3.05) is 0 Å². The molecule has 0 fully saturated rings. The number of hydrogen-bond acceptors (Lipinski definition) is 3. The topological polar surface area (TPSA) is 47.7 Å². The van der Waals surface area contributed by atoms with E-state index in [1.165, 1.54) is 5.69 Å². The Bertz CT molecular complexity index is 585. The van der Waals surface area contributed by atoms with Crippen LogP contribution in [0.4, 0.5) is 0 Å². The summed E-state index contributed by atoms with van der Waals surface area (Å²) in [6, 6.07) is 2.54. The first-order chi connectivity index (χ1) is 10.0. The van der Waals surface area contributed by atoms with Gasteiger partial charge in [-0.05, 0) is 35.3 Å². The summed E-state index contributed by atoms with van der Waals surface area (Å²) in [7, 11) is 0. The van der Waals surface area contributed by atoms with Crippen LogP contribution >= 0.6 is 15.9 Å². The quantitative estimate of drug-likeness (QED) is 0.832. The highest BCUT2D eigenvalue weighted by Gasteiger charge is 2.14. The highest BCUT2D eigenvalue weighted by molar-refractivity contribution is 9.10. The van der Waals surface area contributed by atoms with Crippen molar-refractivity contribution in [2.24, 2.45) is 0 Å². The first-order valence-corrected chi connectivity index (χ1v) is 8.34. The van der Waals surface area contributed by atoms with Gasteiger partial charge in [0.25, 0.3) is 0 Å². The van der Waals surface area contributed by atoms with E-state index in [4.69, 9.17) is 0 Å². The predicted octanol–water partition coefficient (Wildman–Crippen LogP) is 2.97. The molecule has 0 atom stereocenters. The van der Waals surface area contributed by atoms with E-state index in [1.807, 2.05) is 10.9 Å². The zero-order valence-electron chi connectivity index (χ0n) is 13.2. The highest BCUT2D eigenvalue weighted by atomic mass is 79.9. The lowest BCUT2D eigenvalue weighted by molar-refractivity contribution is 0.552. The minimum atomic E-state index is 0.470. The molecule has 0 unspecified atom stereocenters. The Balaban J connectivity index is 2.13. The summed E-state index contributed by atoms with van der Waals surface area (Å²) < 4.78 is 5.14. The molecule has 0 aromatic carbocycles. The summed E-state index contributed by atoms with van der Waals surface area (Å²) in [6.07, 6.45) is 2.96. The standard InChI is InChI=1S/C15H24BrN5/c1-5-13-15(16)14(21(6-2)19-13)10-20-8-7-12(18-20)9-17-11(3)4/h7-8,11,17H,5-6,9-10H2,1-4H3. The molecule has 116 valence electrons. The molecular formula is C15H24BrN5. The number of aromatic nitrogens is 4. The molecule has 0 radical (unpaired) electrons. The van der Waals surface area contributed by atoms with Crippen LogP contribution in [0.3, 0.4) is 0 Å². The second-order valence-corrected chi connectivity index (χ2v) is 6.21. The maximum Gasteiger partial charge on any atom is 0.0839 e. The van der Waals surface area contributed by atoms with Crippen LogP contribution in [-0.4, -0.2) is 25.6 Å². The van der Waals surface area contributed by atoms with Gasteiger partial charge in [0.1, 0.15) is 0 Å². The number of aryl methyl sites for hydroxylation is 2. The van der Waals surface area contributed by atoms with Gasteiger partial charge in [-0.2, -0.15) is 10.2 Å². The Kier molecular flexibility index (Phi) is 5.58. The lowest BCUT2D eigenvalue weighted by Crippen LogP contribution is -2.22. The average molecular weight is 354 g/mol. The molecule has 1 N–H and O–H groups in total. The SMILES string of the molecule is CCc1nn(CC)c(Cn2ccc(CNC(C)C)n2)c1Br. The summed E-state index contributed by atoms with van der Waals surface area (Å²) in [5.74, 6) is 0. The molecule has 0 aliphatic carbocycles. The van der Waals surface area contributed by atoms with Crippen LogP contribution in [0, 0.1) is 0 Å². The fraction of sp³-hybridized carbons (Fsp3) is 0.600. The fourth-order valence-corrected chi connectivity index (χ4v) is 2.91. The molecule has 0 amide bonds. The number of nitrogens with one attached hydrogen (secondary N) is 1. The van der Waals surface area contributed by atoms with E-state index in [1.54, 1.807) is 0 Å². The van der Waals surface area contributed by atoms with Gasteiger partial charge in [-0.15, -0.1) is 0 Å². The minimum absolute atomic E-state index is 0.470. The van der Waals surface area contributed by atoms with Gasteiger partial charge in [0.05, 0.1) is 28.1 Å². The maximum absolute atomic E-state index is 4.63. The van der Waals surface area contributed by atoms with Crippen molar-refractivity contribution in [2.45, 2.75) is 59.8 Å². The number of hydrogen-bond donors (Lipinski definition) is 1. The van der Waals surface area contributed by atoms with E-state index in [0.717, 1.165) is 41.9 Å². The molecule has 0 saturated heterocycles. The highest BCUT2D eigenvalue weighted by Crippen LogP contribution is 2.23. The first kappa shape index (κ1) is 16.2. The monoisotopic (exact) mass is 353 g/mol. The summed E-state index contributed by atoms with van der Waals surface area (Å²) in [4.78, 5) is 0. The molecule has 0 saturated carbocycles. The molecule has 2 aromatic heterocycles. The van der Waals surface area contributed by atoms with Crippen LogP contribution in [0.2, 0.25) is 0 Å². The Morgan fingerprint density at radius 3 is 2.67 bits per heavy atom. The lowest BCUT2D eigenvalue weighted by Gasteiger charge is -2.07. The largest absolute Gasteiger partial charge is 0.309 e. The average Bonchev–Trinajstić information content (AvgIpc) is 3.03. The summed E-state index contributed by atoms with van der Waals surface area (Å²) >= 11 is 3.68. The molecule has 0 bridgehead atoms. The van der Waals surface area contributed by atoms with E-state index in [-0.39, 0.29) is 0 Å². The predicted molar refractivity (Wildman–Crippen MR) is 88.3 cm³/mol. The van der Waals surface area contributed by atoms with E-state index in [2.05, 4.69) is 69.9 Å². The smallest absolute Gasteiger partial charge is 0.0839 e. The Labute approximate surface area is 134 Å². The summed E-state index contributed by atoms with van der Waals surface area (Å²) in [5, 5.41) is 12.6. The van der Waals surface area contributed by atoms with E-state index in [0.29, 0.717) is 6.04 Å². The third-order valence-corrected chi connectivity index (χ3v) is 4.31. The van der Waals surface area contributed by atoms with Crippen molar-refractivity contribution in [1.29, 1.82) is 0 Å². The number of rotatable bonds is 7. The van der Waals surface area contributed by atoms with Gasteiger partial charge >= 0.3 is 0 Å². The third kappa shape index (κ3) is 3.95. The van der Waals surface area contributed by atoms with Crippen LogP contribution in [0.25, 0.3) is 0 Å². The summed E-state index contributed by atoms with van der Waals surface area (Å²) in [6.45, 7) is 10.9. The molecule has 0 aliphatic rings. The van der Waals surface area contributed by atoms with Gasteiger partial charge in [-0.3, -0.25) is 9.36 Å². The van der Waals surface area contributed by atoms with Gasteiger partial charge in [0.2, 0.25) is 0 Å². The third-order valence-electron chi connectivity index (χ3n) is 3.39. The number of nitrogens with zero attached hydrogens (tertiary/aromatic N) is 4. The molecule has 5 nitrogen and oxygen atoms in total. The fourth-order valence-electron chi connectivity index (χ4n) is 2.22. The van der Waals surface area contributed by atoms with Gasteiger partial charge in [0.15, 0.2) is 0 Å². The Morgan fingerprint density at radius 2 is 2.05 bits per heavy atom. The zero-order chi connectivity index (χ0) is 15.4. The van der Waals surface area contributed by atoms with Crippen molar-refractivity contribution in [3.63, 3.8) is 0 Å². The molecule has 6 heteroatoms. The van der Waals surface area contributed by atoms with Crippen molar-refractivity contribution >= 4 is 15.9 Å². The minimum Gasteiger partial charge on any atom is -0.309 e.